The summed E-state index contributed by atoms with van der Waals surface area (Å²) in [4.78, 5) is 16.1. The van der Waals surface area contributed by atoms with Crippen LogP contribution in [0, 0.1) is 11.3 Å². The second-order valence-corrected chi connectivity index (χ2v) is 9.20. The molecule has 0 spiro atoms. The number of ether oxygens (including phenoxy) is 2. The summed E-state index contributed by atoms with van der Waals surface area (Å²) in [5.41, 5.74) is 3.13. The smallest absolute Gasteiger partial charge is 0.229 e. The van der Waals surface area contributed by atoms with Gasteiger partial charge in [-0.25, -0.2) is 0 Å². The lowest BCUT2D eigenvalue weighted by Crippen LogP contribution is -2.50. The molecule has 1 aromatic heterocycles. The molecular weight excluding hydrogens is 402 g/mol. The molecule has 2 aliphatic rings. The van der Waals surface area contributed by atoms with Crippen molar-refractivity contribution in [2.75, 3.05) is 39.5 Å². The first-order chi connectivity index (χ1) is 15.7. The van der Waals surface area contributed by atoms with Gasteiger partial charge in [-0.2, -0.15) is 5.10 Å². The number of benzene rings is 2. The minimum Gasteiger partial charge on any atom is -0.381 e. The molecule has 1 amide bonds. The minimum atomic E-state index is -0.390. The van der Waals surface area contributed by atoms with Crippen molar-refractivity contribution < 1.29 is 14.3 Å². The Kier molecular flexibility index (Phi) is 6.23. The topological polar surface area (TPSA) is 67.5 Å². The Morgan fingerprint density at radius 2 is 1.91 bits per heavy atom. The van der Waals surface area contributed by atoms with Gasteiger partial charge in [-0.15, -0.1) is 0 Å². The van der Waals surface area contributed by atoms with Crippen molar-refractivity contribution in [3.05, 3.63) is 65.9 Å². The number of nitrogens with one attached hydrogen (secondary N) is 1. The van der Waals surface area contributed by atoms with Crippen LogP contribution in [0.15, 0.2) is 54.7 Å². The van der Waals surface area contributed by atoms with Crippen LogP contribution in [0.1, 0.15) is 24.0 Å². The number of rotatable bonds is 5. The molecule has 1 N–H and O–H groups in total. The molecule has 0 bridgehead atoms. The quantitative estimate of drug-likeness (QED) is 0.667. The van der Waals surface area contributed by atoms with E-state index >= 15 is 0 Å². The average molecular weight is 434 g/mol. The van der Waals surface area contributed by atoms with E-state index in [1.54, 1.807) is 0 Å². The molecule has 168 valence electrons. The number of aromatic nitrogens is 2. The molecule has 5 rings (SSSR count). The zero-order chi connectivity index (χ0) is 21.8. The monoisotopic (exact) mass is 433 g/mol. The number of H-pyrrole nitrogens is 1. The molecule has 2 aromatic carbocycles. The Morgan fingerprint density at radius 1 is 1.06 bits per heavy atom. The van der Waals surface area contributed by atoms with Gasteiger partial charge in [0.2, 0.25) is 5.91 Å². The molecule has 0 aliphatic carbocycles. The standard InChI is InChI=1S/C26H31N3O3/c30-25(26(9-12-31-13-10-26)16-20-5-2-1-3-6-20)29-11-14-32-19-21(18-29)15-22-7-4-8-24-23(22)17-27-28-24/h1-8,17,21H,9-16,18-19H2,(H,27,28)/t21-/m1/s1. The molecule has 1 atom stereocenters. The minimum absolute atomic E-state index is 0.260. The van der Waals surface area contributed by atoms with Gasteiger partial charge in [0.25, 0.3) is 0 Å². The summed E-state index contributed by atoms with van der Waals surface area (Å²) in [5.74, 6) is 0.525. The summed E-state index contributed by atoms with van der Waals surface area (Å²) in [6.07, 6.45) is 5.08. The molecule has 2 aliphatic heterocycles. The van der Waals surface area contributed by atoms with Crippen LogP contribution in [-0.4, -0.2) is 60.5 Å². The van der Waals surface area contributed by atoms with Crippen molar-refractivity contribution >= 4 is 16.8 Å². The van der Waals surface area contributed by atoms with E-state index in [0.29, 0.717) is 33.0 Å². The van der Waals surface area contributed by atoms with E-state index in [9.17, 15) is 4.79 Å². The fourth-order valence-electron chi connectivity index (χ4n) is 5.26. The highest BCUT2D eigenvalue weighted by molar-refractivity contribution is 5.83. The number of aromatic amines is 1. The highest BCUT2D eigenvalue weighted by Gasteiger charge is 2.43. The lowest BCUT2D eigenvalue weighted by atomic mass is 9.74. The van der Waals surface area contributed by atoms with Crippen molar-refractivity contribution in [1.82, 2.24) is 15.1 Å². The van der Waals surface area contributed by atoms with Crippen molar-refractivity contribution in [3.8, 4) is 0 Å². The fourth-order valence-corrected chi connectivity index (χ4v) is 5.26. The molecule has 3 aromatic rings. The Balaban J connectivity index is 1.35. The number of hydrogen-bond donors (Lipinski definition) is 1. The first kappa shape index (κ1) is 21.2. The summed E-state index contributed by atoms with van der Waals surface area (Å²) in [6, 6.07) is 16.7. The average Bonchev–Trinajstić information content (AvgIpc) is 3.20. The summed E-state index contributed by atoms with van der Waals surface area (Å²) in [6.45, 7) is 3.94. The van der Waals surface area contributed by atoms with E-state index in [1.807, 2.05) is 18.3 Å². The lowest BCUT2D eigenvalue weighted by Gasteiger charge is -2.40. The van der Waals surface area contributed by atoms with E-state index in [1.165, 1.54) is 11.1 Å². The first-order valence-corrected chi connectivity index (χ1v) is 11.6. The van der Waals surface area contributed by atoms with Crippen molar-refractivity contribution in [3.63, 3.8) is 0 Å². The molecule has 6 nitrogen and oxygen atoms in total. The normalized spacial score (nSPS) is 21.4. The first-order valence-electron chi connectivity index (χ1n) is 11.6. The van der Waals surface area contributed by atoms with Crippen molar-refractivity contribution in [2.24, 2.45) is 11.3 Å². The molecule has 0 saturated carbocycles. The van der Waals surface area contributed by atoms with Crippen LogP contribution in [0.5, 0.6) is 0 Å². The highest BCUT2D eigenvalue weighted by atomic mass is 16.5. The van der Waals surface area contributed by atoms with Gasteiger partial charge in [0.05, 0.1) is 30.3 Å². The number of carbonyl (C=O) groups excluding carboxylic acids is 1. The third-order valence-corrected chi connectivity index (χ3v) is 7.00. The number of carbonyl (C=O) groups is 1. The Bertz CT molecular complexity index is 1040. The van der Waals surface area contributed by atoms with Crippen LogP contribution in [0.4, 0.5) is 0 Å². The van der Waals surface area contributed by atoms with Crippen molar-refractivity contribution in [2.45, 2.75) is 25.7 Å². The second kappa shape index (κ2) is 9.43. The molecule has 0 unspecified atom stereocenters. The van der Waals surface area contributed by atoms with Gasteiger partial charge in [-0.3, -0.25) is 9.89 Å². The number of fused-ring (bicyclic) bond motifs is 1. The van der Waals surface area contributed by atoms with Crippen molar-refractivity contribution in [1.29, 1.82) is 0 Å². The Morgan fingerprint density at radius 3 is 2.75 bits per heavy atom. The van der Waals surface area contributed by atoms with E-state index in [2.05, 4.69) is 51.5 Å². The molecule has 2 saturated heterocycles. The summed E-state index contributed by atoms with van der Waals surface area (Å²) >= 11 is 0. The zero-order valence-electron chi connectivity index (χ0n) is 18.5. The number of nitrogens with zero attached hydrogens (tertiary/aromatic N) is 2. The van der Waals surface area contributed by atoms with Gasteiger partial charge < -0.3 is 14.4 Å². The third-order valence-electron chi connectivity index (χ3n) is 7.00. The van der Waals surface area contributed by atoms with Crippen LogP contribution in [0.2, 0.25) is 0 Å². The largest absolute Gasteiger partial charge is 0.381 e. The van der Waals surface area contributed by atoms with Crippen LogP contribution >= 0.6 is 0 Å². The third kappa shape index (κ3) is 4.43. The van der Waals surface area contributed by atoms with E-state index in [-0.39, 0.29) is 17.2 Å². The van der Waals surface area contributed by atoms with Crippen LogP contribution < -0.4 is 0 Å². The van der Waals surface area contributed by atoms with Gasteiger partial charge in [0.15, 0.2) is 0 Å². The molecule has 3 heterocycles. The summed E-state index contributed by atoms with van der Waals surface area (Å²) in [5, 5.41) is 8.40. The van der Waals surface area contributed by atoms with Gasteiger partial charge >= 0.3 is 0 Å². The maximum Gasteiger partial charge on any atom is 0.229 e. The van der Waals surface area contributed by atoms with E-state index in [0.717, 1.165) is 43.1 Å². The fraction of sp³-hybridized carbons (Fsp3) is 0.462. The van der Waals surface area contributed by atoms with Gasteiger partial charge in [0, 0.05) is 37.6 Å². The van der Waals surface area contributed by atoms with Crippen LogP contribution in [0.25, 0.3) is 10.9 Å². The van der Waals surface area contributed by atoms with Crippen LogP contribution in [-0.2, 0) is 27.1 Å². The van der Waals surface area contributed by atoms with Gasteiger partial charge in [-0.05, 0) is 42.9 Å². The summed E-state index contributed by atoms with van der Waals surface area (Å²) in [7, 11) is 0. The SMILES string of the molecule is O=C(N1CCOC[C@H](Cc2cccc3[nH]ncc23)C1)C1(Cc2ccccc2)CCOCC1. The summed E-state index contributed by atoms with van der Waals surface area (Å²) < 4.78 is 11.6. The Hall–Kier alpha value is -2.70. The molecule has 32 heavy (non-hydrogen) atoms. The number of amides is 1. The lowest BCUT2D eigenvalue weighted by molar-refractivity contribution is -0.148. The van der Waals surface area contributed by atoms with E-state index < -0.39 is 0 Å². The maximum atomic E-state index is 14.0. The number of hydrogen-bond acceptors (Lipinski definition) is 4. The maximum absolute atomic E-state index is 14.0. The molecular formula is C26H31N3O3. The predicted molar refractivity (Wildman–Crippen MR) is 123 cm³/mol. The van der Waals surface area contributed by atoms with Crippen LogP contribution in [0.3, 0.4) is 0 Å². The predicted octanol–water partition coefficient (Wildman–Crippen LogP) is 3.62. The van der Waals surface area contributed by atoms with Gasteiger partial charge in [0.1, 0.15) is 0 Å². The molecule has 0 radical (unpaired) electrons. The van der Waals surface area contributed by atoms with Gasteiger partial charge in [-0.1, -0.05) is 42.5 Å². The highest BCUT2D eigenvalue weighted by Crippen LogP contribution is 2.37. The zero-order valence-corrected chi connectivity index (χ0v) is 18.5. The van der Waals surface area contributed by atoms with E-state index in [4.69, 9.17) is 9.47 Å². The second-order valence-electron chi connectivity index (χ2n) is 9.20. The molecule has 2 fully saturated rings. The molecule has 6 heteroatoms. The Labute approximate surface area is 188 Å².